The summed E-state index contributed by atoms with van der Waals surface area (Å²) in [6.45, 7) is 0. The van der Waals surface area contributed by atoms with Crippen molar-refractivity contribution < 1.29 is 8.78 Å². The van der Waals surface area contributed by atoms with Gasteiger partial charge < -0.3 is 0 Å². The minimum Gasteiger partial charge on any atom is -0.173 e. The van der Waals surface area contributed by atoms with E-state index in [4.69, 9.17) is 0 Å². The number of halogens is 3. The lowest BCUT2D eigenvalue weighted by Crippen LogP contribution is -1.89. The van der Waals surface area contributed by atoms with Gasteiger partial charge in [0.15, 0.2) is 0 Å². The summed E-state index contributed by atoms with van der Waals surface area (Å²) < 4.78 is 26.9. The first-order chi connectivity index (χ1) is 8.18. The molecule has 2 aromatic carbocycles. The summed E-state index contributed by atoms with van der Waals surface area (Å²) >= 11 is 3.28. The SMILES string of the molecule is FC(F)=C(c1ccccc1)c1ccc(Br)cc1. The van der Waals surface area contributed by atoms with E-state index in [-0.39, 0.29) is 5.57 Å². The van der Waals surface area contributed by atoms with Crippen LogP contribution in [0.4, 0.5) is 8.78 Å². The van der Waals surface area contributed by atoms with Gasteiger partial charge in [-0.2, -0.15) is 8.78 Å². The maximum atomic E-state index is 13.0. The smallest absolute Gasteiger partial charge is 0.173 e. The zero-order valence-electron chi connectivity index (χ0n) is 8.83. The summed E-state index contributed by atoms with van der Waals surface area (Å²) in [5.41, 5.74) is 1.02. The third-order valence-electron chi connectivity index (χ3n) is 2.38. The predicted octanol–water partition coefficient (Wildman–Crippen LogP) is 5.11. The molecule has 0 aliphatic heterocycles. The third kappa shape index (κ3) is 2.80. The fraction of sp³-hybridized carbons (Fsp3) is 0. The zero-order valence-corrected chi connectivity index (χ0v) is 10.4. The fourth-order valence-electron chi connectivity index (χ4n) is 1.61. The molecule has 0 amide bonds. The summed E-state index contributed by atoms with van der Waals surface area (Å²) in [4.78, 5) is 0. The van der Waals surface area contributed by atoms with Crippen molar-refractivity contribution in [3.05, 3.63) is 76.3 Å². The molecule has 0 aliphatic rings. The van der Waals surface area contributed by atoms with Crippen molar-refractivity contribution in [2.45, 2.75) is 0 Å². The van der Waals surface area contributed by atoms with Crippen molar-refractivity contribution in [2.75, 3.05) is 0 Å². The summed E-state index contributed by atoms with van der Waals surface area (Å²) in [5.74, 6) is 0. The molecule has 17 heavy (non-hydrogen) atoms. The molecule has 3 heteroatoms. The zero-order chi connectivity index (χ0) is 12.3. The molecule has 0 saturated carbocycles. The summed E-state index contributed by atoms with van der Waals surface area (Å²) in [6.07, 6.45) is -1.67. The van der Waals surface area contributed by atoms with Crippen molar-refractivity contribution in [3.8, 4) is 0 Å². The molecule has 0 nitrogen and oxygen atoms in total. The van der Waals surface area contributed by atoms with Crippen LogP contribution in [0.25, 0.3) is 5.57 Å². The molecule has 0 aliphatic carbocycles. The van der Waals surface area contributed by atoms with Crippen LogP contribution in [0.3, 0.4) is 0 Å². The Morgan fingerprint density at radius 1 is 0.765 bits per heavy atom. The van der Waals surface area contributed by atoms with Gasteiger partial charge in [0.25, 0.3) is 6.08 Å². The normalized spacial score (nSPS) is 10.1. The van der Waals surface area contributed by atoms with Crippen molar-refractivity contribution >= 4 is 21.5 Å². The first-order valence-electron chi connectivity index (χ1n) is 5.05. The van der Waals surface area contributed by atoms with Crippen LogP contribution < -0.4 is 0 Å². The highest BCUT2D eigenvalue weighted by Crippen LogP contribution is 2.29. The van der Waals surface area contributed by atoms with Gasteiger partial charge in [0.2, 0.25) is 0 Å². The molecule has 0 heterocycles. The van der Waals surface area contributed by atoms with E-state index in [0.717, 1.165) is 4.47 Å². The van der Waals surface area contributed by atoms with E-state index in [0.29, 0.717) is 11.1 Å². The lowest BCUT2D eigenvalue weighted by atomic mass is 9.99. The number of hydrogen-bond acceptors (Lipinski definition) is 0. The van der Waals surface area contributed by atoms with Gasteiger partial charge in [0.1, 0.15) is 0 Å². The highest BCUT2D eigenvalue weighted by molar-refractivity contribution is 9.10. The van der Waals surface area contributed by atoms with E-state index in [1.807, 2.05) is 0 Å². The molecule has 0 fully saturated rings. The Labute approximate surface area is 107 Å². The number of rotatable bonds is 2. The van der Waals surface area contributed by atoms with Crippen LogP contribution in [-0.2, 0) is 0 Å². The number of benzene rings is 2. The van der Waals surface area contributed by atoms with E-state index in [2.05, 4.69) is 15.9 Å². The van der Waals surface area contributed by atoms with Gasteiger partial charge in [0, 0.05) is 4.47 Å². The minimum atomic E-state index is -1.67. The van der Waals surface area contributed by atoms with E-state index >= 15 is 0 Å². The van der Waals surface area contributed by atoms with Crippen LogP contribution in [0.15, 0.2) is 65.2 Å². The third-order valence-corrected chi connectivity index (χ3v) is 2.91. The van der Waals surface area contributed by atoms with Crippen LogP contribution in [0.2, 0.25) is 0 Å². The van der Waals surface area contributed by atoms with Crippen LogP contribution in [0, 0.1) is 0 Å². The Morgan fingerprint density at radius 3 is 1.82 bits per heavy atom. The average Bonchev–Trinajstić information content (AvgIpc) is 2.33. The predicted molar refractivity (Wildman–Crippen MR) is 68.8 cm³/mol. The van der Waals surface area contributed by atoms with Crippen molar-refractivity contribution in [1.82, 2.24) is 0 Å². The summed E-state index contributed by atoms with van der Waals surface area (Å²) in [5, 5.41) is 0. The van der Waals surface area contributed by atoms with Gasteiger partial charge in [0.05, 0.1) is 5.57 Å². The minimum absolute atomic E-state index is 0.0156. The molecular weight excluding hydrogens is 286 g/mol. The Kier molecular flexibility index (Phi) is 3.69. The fourth-order valence-corrected chi connectivity index (χ4v) is 1.87. The molecule has 0 aromatic heterocycles. The monoisotopic (exact) mass is 294 g/mol. The molecule has 0 spiro atoms. The maximum absolute atomic E-state index is 13.0. The highest BCUT2D eigenvalue weighted by Gasteiger charge is 2.11. The van der Waals surface area contributed by atoms with Gasteiger partial charge in [-0.25, -0.2) is 0 Å². The number of hydrogen-bond donors (Lipinski definition) is 0. The molecule has 2 rings (SSSR count). The van der Waals surface area contributed by atoms with E-state index in [1.165, 1.54) is 0 Å². The maximum Gasteiger partial charge on any atom is 0.278 e. The van der Waals surface area contributed by atoms with Crippen molar-refractivity contribution in [1.29, 1.82) is 0 Å². The largest absolute Gasteiger partial charge is 0.278 e. The van der Waals surface area contributed by atoms with Gasteiger partial charge >= 0.3 is 0 Å². The van der Waals surface area contributed by atoms with Crippen molar-refractivity contribution in [3.63, 3.8) is 0 Å². The summed E-state index contributed by atoms with van der Waals surface area (Å²) in [7, 11) is 0. The van der Waals surface area contributed by atoms with Crippen LogP contribution in [0.1, 0.15) is 11.1 Å². The standard InChI is InChI=1S/C14H9BrF2/c15-12-8-6-11(7-9-12)13(14(16)17)10-4-2-1-3-5-10/h1-9H. The molecule has 0 bridgehead atoms. The summed E-state index contributed by atoms with van der Waals surface area (Å²) in [6, 6.07) is 15.5. The Bertz CT molecular complexity index is 526. The highest BCUT2D eigenvalue weighted by atomic mass is 79.9. The van der Waals surface area contributed by atoms with E-state index in [9.17, 15) is 8.78 Å². The molecule has 0 saturated heterocycles. The van der Waals surface area contributed by atoms with Crippen LogP contribution in [-0.4, -0.2) is 0 Å². The molecule has 0 radical (unpaired) electrons. The van der Waals surface area contributed by atoms with E-state index < -0.39 is 6.08 Å². The lowest BCUT2D eigenvalue weighted by Gasteiger charge is -2.07. The molecule has 86 valence electrons. The van der Waals surface area contributed by atoms with Gasteiger partial charge in [-0.1, -0.05) is 58.4 Å². The van der Waals surface area contributed by atoms with Gasteiger partial charge in [-0.3, -0.25) is 0 Å². The molecule has 2 aromatic rings. The Balaban J connectivity index is 2.52. The van der Waals surface area contributed by atoms with Crippen LogP contribution in [0.5, 0.6) is 0 Å². The second-order valence-corrected chi connectivity index (χ2v) is 4.42. The average molecular weight is 295 g/mol. The van der Waals surface area contributed by atoms with E-state index in [1.54, 1.807) is 54.6 Å². The topological polar surface area (TPSA) is 0 Å². The quantitative estimate of drug-likeness (QED) is 0.722. The van der Waals surface area contributed by atoms with Crippen molar-refractivity contribution in [2.24, 2.45) is 0 Å². The molecular formula is C14H9BrF2. The molecule has 0 unspecified atom stereocenters. The Hall–Kier alpha value is -1.48. The van der Waals surface area contributed by atoms with Gasteiger partial charge in [-0.15, -0.1) is 0 Å². The molecule has 0 N–H and O–H groups in total. The van der Waals surface area contributed by atoms with Crippen LogP contribution >= 0.6 is 15.9 Å². The second-order valence-electron chi connectivity index (χ2n) is 3.51. The molecule has 0 atom stereocenters. The Morgan fingerprint density at radius 2 is 1.29 bits per heavy atom. The first kappa shape index (κ1) is 12.0. The first-order valence-corrected chi connectivity index (χ1v) is 5.84. The second kappa shape index (κ2) is 5.23. The van der Waals surface area contributed by atoms with Gasteiger partial charge in [-0.05, 0) is 23.3 Å². The lowest BCUT2D eigenvalue weighted by molar-refractivity contribution is 0.426.